The van der Waals surface area contributed by atoms with Gasteiger partial charge in [0.2, 0.25) is 15.6 Å². The molecule has 0 atom stereocenters. The molecule has 0 aromatic heterocycles. The Morgan fingerprint density at radius 3 is 2.03 bits per heavy atom. The van der Waals surface area contributed by atoms with Gasteiger partial charge in [-0.1, -0.05) is 0 Å². The smallest absolute Gasteiger partial charge is 0.338 e. The number of methoxy groups -OCH3 is 3. The van der Waals surface area contributed by atoms with Crippen LogP contribution in [0.5, 0.6) is 11.5 Å². The summed E-state index contributed by atoms with van der Waals surface area (Å²) < 4.78 is 40.3. The lowest BCUT2D eigenvalue weighted by atomic mass is 10.2. The maximum absolute atomic E-state index is 13.2. The van der Waals surface area contributed by atoms with Gasteiger partial charge in [0.15, 0.2) is 0 Å². The minimum absolute atomic E-state index is 0.193. The van der Waals surface area contributed by atoms with Crippen molar-refractivity contribution in [2.24, 2.45) is 0 Å². The molecule has 0 fully saturated rings. The number of phenols is 1. The highest BCUT2D eigenvalue weighted by molar-refractivity contribution is 7.91. The summed E-state index contributed by atoms with van der Waals surface area (Å²) in [6, 6.07) is 4.53. The average molecular weight is 425 g/mol. The minimum Gasteiger partial charge on any atom is -0.507 e. The molecule has 0 saturated carbocycles. The number of nitro groups is 1. The number of carbonyl (C=O) groups excluding carboxylic acids is 2. The van der Waals surface area contributed by atoms with Gasteiger partial charge >= 0.3 is 17.6 Å². The van der Waals surface area contributed by atoms with Crippen molar-refractivity contribution in [1.29, 1.82) is 0 Å². The number of esters is 2. The van der Waals surface area contributed by atoms with Crippen molar-refractivity contribution >= 4 is 27.5 Å². The highest BCUT2D eigenvalue weighted by Gasteiger charge is 2.33. The summed E-state index contributed by atoms with van der Waals surface area (Å²) in [4.78, 5) is 32.5. The summed E-state index contributed by atoms with van der Waals surface area (Å²) in [6.07, 6.45) is 0. The van der Waals surface area contributed by atoms with Crippen LogP contribution < -0.4 is 4.74 Å². The molecule has 0 heterocycles. The fraction of sp³-hybridized carbons (Fsp3) is 0.176. The van der Waals surface area contributed by atoms with Crippen LogP contribution in [-0.2, 0) is 19.3 Å². The second-order valence-electron chi connectivity index (χ2n) is 5.45. The van der Waals surface area contributed by atoms with Gasteiger partial charge in [-0.05, 0) is 24.3 Å². The number of benzene rings is 2. The summed E-state index contributed by atoms with van der Waals surface area (Å²) in [5.41, 5.74) is -1.43. The third kappa shape index (κ3) is 3.96. The Bertz CT molecular complexity index is 1110. The number of rotatable bonds is 6. The normalized spacial score (nSPS) is 10.9. The Labute approximate surface area is 164 Å². The van der Waals surface area contributed by atoms with Crippen LogP contribution in [0.1, 0.15) is 20.7 Å². The molecule has 0 amide bonds. The lowest BCUT2D eigenvalue weighted by Gasteiger charge is -2.13. The number of phenolic OH excluding ortho intramolecular Hbond substituents is 1. The SMILES string of the molecule is COC(=O)c1ccc(O)c(S(=O)(=O)c2cc(C(=O)OC)cc([N+](=O)[O-])c2OC)c1. The zero-order valence-electron chi connectivity index (χ0n) is 15.4. The molecule has 0 aliphatic heterocycles. The zero-order chi connectivity index (χ0) is 21.9. The third-order valence-electron chi connectivity index (χ3n) is 3.82. The molecule has 0 radical (unpaired) electrons. The Hall–Kier alpha value is -3.67. The fourth-order valence-corrected chi connectivity index (χ4v) is 4.03. The topological polar surface area (TPSA) is 159 Å². The van der Waals surface area contributed by atoms with Crippen molar-refractivity contribution in [2.75, 3.05) is 21.3 Å². The molecule has 2 aromatic carbocycles. The molecule has 154 valence electrons. The molecule has 0 spiro atoms. The predicted molar refractivity (Wildman–Crippen MR) is 95.9 cm³/mol. The van der Waals surface area contributed by atoms with Crippen molar-refractivity contribution in [3.05, 3.63) is 51.6 Å². The van der Waals surface area contributed by atoms with Gasteiger partial charge in [0.25, 0.3) is 0 Å². The number of carbonyl (C=O) groups is 2. The van der Waals surface area contributed by atoms with Gasteiger partial charge in [-0.25, -0.2) is 18.0 Å². The molecular formula is C17H15NO10S. The van der Waals surface area contributed by atoms with Crippen LogP contribution >= 0.6 is 0 Å². The standard InChI is InChI=1S/C17H15NO10S/c1-26-15-11(18(22)23)6-10(17(21)28-3)8-14(15)29(24,25)13-7-9(16(20)27-2)4-5-12(13)19/h4-8,19H,1-3H3. The predicted octanol–water partition coefficient (Wildman–Crippen LogP) is 1.72. The molecule has 12 heteroatoms. The van der Waals surface area contributed by atoms with E-state index in [9.17, 15) is 33.2 Å². The van der Waals surface area contributed by atoms with E-state index < -0.39 is 59.2 Å². The van der Waals surface area contributed by atoms with E-state index in [2.05, 4.69) is 9.47 Å². The second kappa shape index (κ2) is 8.14. The Balaban J connectivity index is 2.88. The van der Waals surface area contributed by atoms with Gasteiger partial charge in [-0.2, -0.15) is 0 Å². The average Bonchev–Trinajstić information content (AvgIpc) is 2.71. The third-order valence-corrected chi connectivity index (χ3v) is 5.61. The van der Waals surface area contributed by atoms with E-state index in [1.165, 1.54) is 0 Å². The number of ether oxygens (including phenoxy) is 3. The van der Waals surface area contributed by atoms with Gasteiger partial charge in [0, 0.05) is 6.07 Å². The van der Waals surface area contributed by atoms with Crippen LogP contribution in [0.25, 0.3) is 0 Å². The van der Waals surface area contributed by atoms with E-state index >= 15 is 0 Å². The van der Waals surface area contributed by atoms with E-state index in [0.29, 0.717) is 0 Å². The lowest BCUT2D eigenvalue weighted by Crippen LogP contribution is -2.11. The zero-order valence-corrected chi connectivity index (χ0v) is 16.2. The maximum atomic E-state index is 13.2. The van der Waals surface area contributed by atoms with Crippen molar-refractivity contribution in [1.82, 2.24) is 0 Å². The molecular weight excluding hydrogens is 410 g/mol. The van der Waals surface area contributed by atoms with E-state index in [1.54, 1.807) is 0 Å². The first-order chi connectivity index (χ1) is 13.6. The summed E-state index contributed by atoms with van der Waals surface area (Å²) in [5, 5.41) is 21.4. The summed E-state index contributed by atoms with van der Waals surface area (Å²) in [5.74, 6) is -3.29. The Kier molecular flexibility index (Phi) is 6.07. The summed E-state index contributed by atoms with van der Waals surface area (Å²) >= 11 is 0. The summed E-state index contributed by atoms with van der Waals surface area (Å²) in [7, 11) is -1.60. The first-order valence-corrected chi connectivity index (χ1v) is 9.18. The van der Waals surface area contributed by atoms with Gasteiger partial charge in [-0.3, -0.25) is 10.1 Å². The van der Waals surface area contributed by atoms with Gasteiger partial charge in [0.05, 0.1) is 37.4 Å². The van der Waals surface area contributed by atoms with Crippen LogP contribution in [0.3, 0.4) is 0 Å². The number of hydrogen-bond acceptors (Lipinski definition) is 10. The number of nitro benzene ring substituents is 1. The Morgan fingerprint density at radius 2 is 1.52 bits per heavy atom. The van der Waals surface area contributed by atoms with Crippen molar-refractivity contribution < 1.29 is 42.2 Å². The van der Waals surface area contributed by atoms with E-state index in [-0.39, 0.29) is 5.56 Å². The van der Waals surface area contributed by atoms with E-state index in [0.717, 1.165) is 51.7 Å². The quantitative estimate of drug-likeness (QED) is 0.410. The molecule has 2 rings (SSSR count). The van der Waals surface area contributed by atoms with Crippen LogP contribution in [0.2, 0.25) is 0 Å². The number of nitrogens with zero attached hydrogens (tertiary/aromatic N) is 1. The lowest BCUT2D eigenvalue weighted by molar-refractivity contribution is -0.386. The first kappa shape index (κ1) is 21.6. The van der Waals surface area contributed by atoms with Crippen molar-refractivity contribution in [3.63, 3.8) is 0 Å². The molecule has 0 unspecified atom stereocenters. The number of sulfone groups is 1. The molecule has 0 saturated heterocycles. The number of aromatic hydroxyl groups is 1. The number of hydrogen-bond donors (Lipinski definition) is 1. The van der Waals surface area contributed by atoms with Gasteiger partial charge < -0.3 is 19.3 Å². The highest BCUT2D eigenvalue weighted by atomic mass is 32.2. The molecule has 0 aliphatic carbocycles. The van der Waals surface area contributed by atoms with Crippen molar-refractivity contribution in [2.45, 2.75) is 9.79 Å². The molecule has 0 bridgehead atoms. The molecule has 11 nitrogen and oxygen atoms in total. The monoisotopic (exact) mass is 425 g/mol. The van der Waals surface area contributed by atoms with Crippen LogP contribution in [0.15, 0.2) is 40.1 Å². The molecule has 29 heavy (non-hydrogen) atoms. The largest absolute Gasteiger partial charge is 0.507 e. The van der Waals surface area contributed by atoms with Crippen LogP contribution in [-0.4, -0.2) is 51.7 Å². The highest BCUT2D eigenvalue weighted by Crippen LogP contribution is 2.40. The molecule has 0 aliphatic rings. The molecule has 1 N–H and O–H groups in total. The first-order valence-electron chi connectivity index (χ1n) is 7.69. The maximum Gasteiger partial charge on any atom is 0.338 e. The van der Waals surface area contributed by atoms with E-state index in [1.807, 2.05) is 0 Å². The van der Waals surface area contributed by atoms with Crippen LogP contribution in [0, 0.1) is 10.1 Å². The fourth-order valence-electron chi connectivity index (χ4n) is 2.46. The minimum atomic E-state index is -4.69. The van der Waals surface area contributed by atoms with Gasteiger partial charge in [-0.15, -0.1) is 0 Å². The second-order valence-corrected chi connectivity index (χ2v) is 7.34. The van der Waals surface area contributed by atoms with E-state index in [4.69, 9.17) is 4.74 Å². The van der Waals surface area contributed by atoms with Crippen molar-refractivity contribution in [3.8, 4) is 11.5 Å². The molecule has 2 aromatic rings. The Morgan fingerprint density at radius 1 is 0.966 bits per heavy atom. The van der Waals surface area contributed by atoms with Crippen LogP contribution in [0.4, 0.5) is 5.69 Å². The van der Waals surface area contributed by atoms with Gasteiger partial charge in [0.1, 0.15) is 15.5 Å². The summed E-state index contributed by atoms with van der Waals surface area (Å²) in [6.45, 7) is 0.